The fourth-order valence-electron chi connectivity index (χ4n) is 2.21. The van der Waals surface area contributed by atoms with E-state index in [0.717, 1.165) is 18.2 Å². The monoisotopic (exact) mass is 317 g/mol. The maximum Gasteiger partial charge on any atom is 0.257 e. The predicted molar refractivity (Wildman–Crippen MR) is 77.4 cm³/mol. The third kappa shape index (κ3) is 3.48. The van der Waals surface area contributed by atoms with E-state index in [1.165, 1.54) is 17.4 Å². The number of nitrogens with zero attached hydrogens (tertiary/aromatic N) is 1. The zero-order chi connectivity index (χ0) is 16.2. The van der Waals surface area contributed by atoms with E-state index in [2.05, 4.69) is 0 Å². The van der Waals surface area contributed by atoms with Gasteiger partial charge in [0.2, 0.25) is 0 Å². The average Bonchev–Trinajstić information content (AvgIpc) is 3.22. The summed E-state index contributed by atoms with van der Waals surface area (Å²) < 4.78 is 37.7. The third-order valence-electron chi connectivity index (χ3n) is 3.30. The topological polar surface area (TPSA) is 46.6 Å². The van der Waals surface area contributed by atoms with Gasteiger partial charge in [-0.3, -0.25) is 4.79 Å². The summed E-state index contributed by atoms with van der Waals surface area (Å²) in [6.45, 7) is 0.227. The summed E-state index contributed by atoms with van der Waals surface area (Å²) in [6.07, 6.45) is 2.96. The summed E-state index contributed by atoms with van der Waals surface area (Å²) in [4.78, 5) is 13.9. The van der Waals surface area contributed by atoms with Gasteiger partial charge in [0.25, 0.3) is 5.91 Å². The summed E-state index contributed by atoms with van der Waals surface area (Å²) in [7, 11) is 0. The fourth-order valence-corrected chi connectivity index (χ4v) is 2.21. The van der Waals surface area contributed by atoms with Crippen LogP contribution in [0, 0.1) is 11.6 Å². The second kappa shape index (κ2) is 6.48. The van der Waals surface area contributed by atoms with Crippen LogP contribution >= 0.6 is 0 Å². The fraction of sp³-hybridized carbons (Fsp3) is 0.118. The molecule has 3 rings (SSSR count). The van der Waals surface area contributed by atoms with Gasteiger partial charge < -0.3 is 13.7 Å². The molecule has 6 heteroatoms. The number of rotatable bonds is 5. The van der Waals surface area contributed by atoms with Crippen LogP contribution in [0.25, 0.3) is 0 Å². The Morgan fingerprint density at radius 3 is 2.09 bits per heavy atom. The molecule has 0 aliphatic carbocycles. The smallest absolute Gasteiger partial charge is 0.257 e. The molecule has 3 aromatic rings. The van der Waals surface area contributed by atoms with Crippen molar-refractivity contribution in [3.63, 3.8) is 0 Å². The lowest BCUT2D eigenvalue weighted by molar-refractivity contribution is 0.0699. The first-order valence-electron chi connectivity index (χ1n) is 6.92. The average molecular weight is 317 g/mol. The van der Waals surface area contributed by atoms with Gasteiger partial charge in [-0.1, -0.05) is 0 Å². The summed E-state index contributed by atoms with van der Waals surface area (Å²) in [5, 5.41) is 0. The van der Waals surface area contributed by atoms with E-state index in [9.17, 15) is 13.6 Å². The molecule has 4 nitrogen and oxygen atoms in total. The van der Waals surface area contributed by atoms with Crippen molar-refractivity contribution >= 4 is 5.91 Å². The quantitative estimate of drug-likeness (QED) is 0.715. The Bertz CT molecular complexity index is 746. The Morgan fingerprint density at radius 2 is 1.57 bits per heavy atom. The molecule has 0 N–H and O–H groups in total. The molecule has 0 saturated carbocycles. The SMILES string of the molecule is O=C(c1cc(F)ccc1F)N(Cc1ccco1)Cc1ccco1. The number of carbonyl (C=O) groups excluding carboxylic acids is 1. The van der Waals surface area contributed by atoms with Crippen molar-refractivity contribution in [2.24, 2.45) is 0 Å². The van der Waals surface area contributed by atoms with Crippen molar-refractivity contribution in [1.29, 1.82) is 0 Å². The molecule has 0 unspecified atom stereocenters. The highest BCUT2D eigenvalue weighted by Gasteiger charge is 2.22. The number of furan rings is 2. The zero-order valence-electron chi connectivity index (χ0n) is 12.0. The van der Waals surface area contributed by atoms with Gasteiger partial charge in [-0.15, -0.1) is 0 Å². The molecule has 0 fully saturated rings. The summed E-state index contributed by atoms with van der Waals surface area (Å²) in [6, 6.07) is 9.56. The van der Waals surface area contributed by atoms with Crippen molar-refractivity contribution in [3.8, 4) is 0 Å². The van der Waals surface area contributed by atoms with E-state index >= 15 is 0 Å². The molecule has 0 atom stereocenters. The van der Waals surface area contributed by atoms with Crippen molar-refractivity contribution in [3.05, 3.63) is 83.7 Å². The minimum Gasteiger partial charge on any atom is -0.467 e. The lowest BCUT2D eigenvalue weighted by atomic mass is 10.1. The number of carbonyl (C=O) groups is 1. The molecule has 2 heterocycles. The van der Waals surface area contributed by atoms with Crippen LogP contribution in [0.1, 0.15) is 21.9 Å². The Labute approximate surface area is 130 Å². The Morgan fingerprint density at radius 1 is 0.957 bits per heavy atom. The first-order valence-corrected chi connectivity index (χ1v) is 6.92. The first kappa shape index (κ1) is 15.0. The van der Waals surface area contributed by atoms with Crippen molar-refractivity contribution in [1.82, 2.24) is 4.90 Å². The molecule has 0 saturated heterocycles. The molecule has 1 amide bonds. The van der Waals surface area contributed by atoms with E-state index in [1.54, 1.807) is 24.3 Å². The van der Waals surface area contributed by atoms with E-state index in [-0.39, 0.29) is 18.7 Å². The highest BCUT2D eigenvalue weighted by atomic mass is 19.1. The molecular weight excluding hydrogens is 304 g/mol. The Hall–Kier alpha value is -2.89. The highest BCUT2D eigenvalue weighted by molar-refractivity contribution is 5.94. The molecule has 23 heavy (non-hydrogen) atoms. The molecule has 0 aliphatic rings. The second-order valence-corrected chi connectivity index (χ2v) is 4.94. The van der Waals surface area contributed by atoms with Crippen LogP contribution in [0.15, 0.2) is 63.8 Å². The van der Waals surface area contributed by atoms with Crippen LogP contribution < -0.4 is 0 Å². The molecule has 0 spiro atoms. The van der Waals surface area contributed by atoms with Crippen molar-refractivity contribution in [2.75, 3.05) is 0 Å². The molecule has 0 aliphatic heterocycles. The third-order valence-corrected chi connectivity index (χ3v) is 3.30. The molecule has 1 aromatic carbocycles. The van der Waals surface area contributed by atoms with Gasteiger partial charge in [0.15, 0.2) is 0 Å². The van der Waals surface area contributed by atoms with Crippen LogP contribution in [0.3, 0.4) is 0 Å². The molecule has 0 radical (unpaired) electrons. The normalized spacial score (nSPS) is 10.7. The van der Waals surface area contributed by atoms with Gasteiger partial charge >= 0.3 is 0 Å². The lowest BCUT2D eigenvalue weighted by Gasteiger charge is -2.21. The van der Waals surface area contributed by atoms with Crippen molar-refractivity contribution < 1.29 is 22.4 Å². The van der Waals surface area contributed by atoms with E-state index in [1.807, 2.05) is 0 Å². The summed E-state index contributed by atoms with van der Waals surface area (Å²) in [5.74, 6) is -1.04. The zero-order valence-corrected chi connectivity index (χ0v) is 12.0. The number of hydrogen-bond acceptors (Lipinski definition) is 3. The number of benzene rings is 1. The summed E-state index contributed by atoms with van der Waals surface area (Å²) in [5.41, 5.74) is -0.330. The van der Waals surface area contributed by atoms with Crippen LogP contribution in [0.4, 0.5) is 8.78 Å². The Kier molecular flexibility index (Phi) is 4.23. The van der Waals surface area contributed by atoms with Gasteiger partial charge in [0, 0.05) is 0 Å². The van der Waals surface area contributed by atoms with Gasteiger partial charge in [0.1, 0.15) is 23.2 Å². The van der Waals surface area contributed by atoms with Crippen LogP contribution in [0.2, 0.25) is 0 Å². The maximum absolute atomic E-state index is 13.9. The lowest BCUT2D eigenvalue weighted by Crippen LogP contribution is -2.30. The van der Waals surface area contributed by atoms with Crippen LogP contribution in [0.5, 0.6) is 0 Å². The van der Waals surface area contributed by atoms with Gasteiger partial charge in [-0.2, -0.15) is 0 Å². The van der Waals surface area contributed by atoms with E-state index < -0.39 is 17.5 Å². The Balaban J connectivity index is 1.89. The standard InChI is InChI=1S/C17H13F2NO3/c18-12-5-6-16(19)15(9-12)17(21)20(10-13-3-1-7-22-13)11-14-4-2-8-23-14/h1-9H,10-11H2. The van der Waals surface area contributed by atoms with Gasteiger partial charge in [-0.05, 0) is 42.5 Å². The first-order chi connectivity index (χ1) is 11.1. The number of halogens is 2. The van der Waals surface area contributed by atoms with Gasteiger partial charge in [0.05, 0.1) is 31.2 Å². The van der Waals surface area contributed by atoms with Gasteiger partial charge in [-0.25, -0.2) is 8.78 Å². The number of hydrogen-bond donors (Lipinski definition) is 0. The minimum absolute atomic E-state index is 0.114. The van der Waals surface area contributed by atoms with Crippen molar-refractivity contribution in [2.45, 2.75) is 13.1 Å². The van der Waals surface area contributed by atoms with Crippen LogP contribution in [-0.4, -0.2) is 10.8 Å². The largest absolute Gasteiger partial charge is 0.467 e. The predicted octanol–water partition coefficient (Wildman–Crippen LogP) is 3.99. The van der Waals surface area contributed by atoms with Crippen LogP contribution in [-0.2, 0) is 13.1 Å². The molecule has 0 bridgehead atoms. The molecular formula is C17H13F2NO3. The molecule has 2 aromatic heterocycles. The molecule has 118 valence electrons. The highest BCUT2D eigenvalue weighted by Crippen LogP contribution is 2.18. The van der Waals surface area contributed by atoms with E-state index in [0.29, 0.717) is 11.5 Å². The maximum atomic E-state index is 13.9. The van der Waals surface area contributed by atoms with E-state index in [4.69, 9.17) is 8.83 Å². The minimum atomic E-state index is -0.778. The second-order valence-electron chi connectivity index (χ2n) is 4.94. The number of amides is 1. The summed E-state index contributed by atoms with van der Waals surface area (Å²) >= 11 is 0.